The summed E-state index contributed by atoms with van der Waals surface area (Å²) in [5.41, 5.74) is 1.82. The van der Waals surface area contributed by atoms with Gasteiger partial charge in [-0.3, -0.25) is 15.0 Å². The first-order valence-corrected chi connectivity index (χ1v) is 8.18. The monoisotopic (exact) mass is 317 g/mol. The quantitative estimate of drug-likeness (QED) is 0.918. The number of aromatic nitrogens is 1. The Morgan fingerprint density at radius 1 is 1.43 bits per heavy atom. The van der Waals surface area contributed by atoms with E-state index in [-0.39, 0.29) is 11.8 Å². The summed E-state index contributed by atoms with van der Waals surface area (Å²) in [5.74, 6) is 1.54. The number of nitrogens with one attached hydrogen (secondary N) is 1. The van der Waals surface area contributed by atoms with Crippen LogP contribution in [0.3, 0.4) is 0 Å². The molecule has 1 fully saturated rings. The first-order chi connectivity index (χ1) is 11.2. The van der Waals surface area contributed by atoms with Crippen molar-refractivity contribution in [2.24, 2.45) is 5.92 Å². The van der Waals surface area contributed by atoms with Gasteiger partial charge in [0.15, 0.2) is 0 Å². The smallest absolute Gasteiger partial charge is 0.234 e. The molecule has 0 unspecified atom stereocenters. The molecule has 0 radical (unpaired) electrons. The lowest BCUT2D eigenvalue weighted by molar-refractivity contribution is -0.121. The number of aryl methyl sites for hydroxylation is 1. The van der Waals surface area contributed by atoms with Gasteiger partial charge in [-0.25, -0.2) is 0 Å². The van der Waals surface area contributed by atoms with E-state index in [0.29, 0.717) is 5.88 Å². The lowest BCUT2D eigenvalue weighted by Crippen LogP contribution is -2.37. The van der Waals surface area contributed by atoms with Gasteiger partial charge < -0.3 is 8.94 Å². The van der Waals surface area contributed by atoms with E-state index in [2.05, 4.69) is 15.4 Å². The number of nitrogens with zero attached hydrogens (tertiary/aromatic N) is 2. The third kappa shape index (κ3) is 3.64. The Morgan fingerprint density at radius 3 is 2.87 bits per heavy atom. The molecule has 0 saturated carbocycles. The van der Waals surface area contributed by atoms with Crippen LogP contribution in [0.4, 0.5) is 5.88 Å². The highest BCUT2D eigenvalue weighted by Crippen LogP contribution is 2.24. The third-order valence-electron chi connectivity index (χ3n) is 4.49. The summed E-state index contributed by atoms with van der Waals surface area (Å²) in [6, 6.07) is 3.89. The lowest BCUT2D eigenvalue weighted by atomic mass is 9.95. The van der Waals surface area contributed by atoms with Gasteiger partial charge in [0.05, 0.1) is 18.5 Å². The number of piperidine rings is 1. The molecule has 2 aromatic rings. The minimum Gasteiger partial charge on any atom is -0.468 e. The van der Waals surface area contributed by atoms with E-state index in [4.69, 9.17) is 8.94 Å². The van der Waals surface area contributed by atoms with Gasteiger partial charge >= 0.3 is 0 Å². The Kier molecular flexibility index (Phi) is 4.81. The fourth-order valence-electron chi connectivity index (χ4n) is 3.09. The maximum Gasteiger partial charge on any atom is 0.234 e. The summed E-state index contributed by atoms with van der Waals surface area (Å²) < 4.78 is 10.6. The van der Waals surface area contributed by atoms with Gasteiger partial charge in [-0.05, 0) is 51.4 Å². The van der Waals surface area contributed by atoms with Crippen LogP contribution in [0.15, 0.2) is 27.3 Å². The van der Waals surface area contributed by atoms with Gasteiger partial charge in [-0.15, -0.1) is 0 Å². The van der Waals surface area contributed by atoms with E-state index in [1.54, 1.807) is 6.26 Å². The predicted octanol–water partition coefficient (Wildman–Crippen LogP) is 2.99. The van der Waals surface area contributed by atoms with Gasteiger partial charge in [0.2, 0.25) is 11.8 Å². The minimum absolute atomic E-state index is 0.0259. The summed E-state index contributed by atoms with van der Waals surface area (Å²) >= 11 is 0. The van der Waals surface area contributed by atoms with E-state index in [0.717, 1.165) is 55.9 Å². The minimum atomic E-state index is 0.0259. The fraction of sp³-hybridized carbons (Fsp3) is 0.529. The highest BCUT2D eigenvalue weighted by molar-refractivity contribution is 5.92. The van der Waals surface area contributed by atoms with Crippen molar-refractivity contribution in [1.82, 2.24) is 10.1 Å². The van der Waals surface area contributed by atoms with Crippen LogP contribution in [-0.2, 0) is 17.8 Å². The summed E-state index contributed by atoms with van der Waals surface area (Å²) in [7, 11) is 0. The van der Waals surface area contributed by atoms with Crippen molar-refractivity contribution < 1.29 is 13.7 Å². The van der Waals surface area contributed by atoms with Gasteiger partial charge in [0.1, 0.15) is 5.76 Å². The number of anilines is 1. The van der Waals surface area contributed by atoms with Crippen molar-refractivity contribution in [1.29, 1.82) is 0 Å². The SMILES string of the molecule is CCc1c(C)noc1NC(=O)C1CCN(Cc2ccco2)CC1. The van der Waals surface area contributed by atoms with Crippen LogP contribution >= 0.6 is 0 Å². The zero-order valence-corrected chi connectivity index (χ0v) is 13.7. The summed E-state index contributed by atoms with van der Waals surface area (Å²) in [6.07, 6.45) is 4.19. The number of rotatable bonds is 5. The molecular formula is C17H23N3O3. The standard InChI is InChI=1S/C17H23N3O3/c1-3-15-12(2)19-23-17(15)18-16(21)13-6-8-20(9-7-13)11-14-5-4-10-22-14/h4-5,10,13H,3,6-9,11H2,1-2H3,(H,18,21). The van der Waals surface area contributed by atoms with Gasteiger partial charge in [-0.1, -0.05) is 12.1 Å². The number of carbonyl (C=O) groups is 1. The molecule has 1 amide bonds. The fourth-order valence-corrected chi connectivity index (χ4v) is 3.09. The first kappa shape index (κ1) is 15.8. The van der Waals surface area contributed by atoms with Gasteiger partial charge in [-0.2, -0.15) is 0 Å². The zero-order valence-electron chi connectivity index (χ0n) is 13.7. The molecule has 124 valence electrons. The van der Waals surface area contributed by atoms with Crippen molar-refractivity contribution in [3.05, 3.63) is 35.4 Å². The molecule has 23 heavy (non-hydrogen) atoms. The van der Waals surface area contributed by atoms with Crippen LogP contribution in [0, 0.1) is 12.8 Å². The van der Waals surface area contributed by atoms with Gasteiger partial charge in [0, 0.05) is 11.5 Å². The average Bonchev–Trinajstić information content (AvgIpc) is 3.18. The second kappa shape index (κ2) is 7.00. The van der Waals surface area contributed by atoms with Crippen molar-refractivity contribution in [2.45, 2.75) is 39.7 Å². The number of hydrogen-bond donors (Lipinski definition) is 1. The summed E-state index contributed by atoms with van der Waals surface area (Å²) in [4.78, 5) is 14.8. The van der Waals surface area contributed by atoms with Crippen LogP contribution in [0.25, 0.3) is 0 Å². The van der Waals surface area contributed by atoms with Crippen molar-refractivity contribution in [3.8, 4) is 0 Å². The molecule has 0 aliphatic carbocycles. The predicted molar refractivity (Wildman–Crippen MR) is 86.0 cm³/mol. The molecule has 1 N–H and O–H groups in total. The van der Waals surface area contributed by atoms with E-state index in [1.807, 2.05) is 26.0 Å². The summed E-state index contributed by atoms with van der Waals surface area (Å²) in [6.45, 7) is 6.53. The number of furan rings is 1. The average molecular weight is 317 g/mol. The molecule has 3 heterocycles. The third-order valence-corrected chi connectivity index (χ3v) is 4.49. The second-order valence-electron chi connectivity index (χ2n) is 6.05. The molecule has 1 aliphatic rings. The Balaban J connectivity index is 1.52. The summed E-state index contributed by atoms with van der Waals surface area (Å²) in [5, 5.41) is 6.84. The van der Waals surface area contributed by atoms with E-state index >= 15 is 0 Å². The Morgan fingerprint density at radius 2 is 2.22 bits per heavy atom. The molecule has 2 aromatic heterocycles. The van der Waals surface area contributed by atoms with Crippen molar-refractivity contribution in [3.63, 3.8) is 0 Å². The van der Waals surface area contributed by atoms with E-state index in [1.165, 1.54) is 0 Å². The Labute approximate surface area is 135 Å². The first-order valence-electron chi connectivity index (χ1n) is 8.18. The highest BCUT2D eigenvalue weighted by atomic mass is 16.5. The van der Waals surface area contributed by atoms with Crippen molar-refractivity contribution >= 4 is 11.8 Å². The highest BCUT2D eigenvalue weighted by Gasteiger charge is 2.26. The number of likely N-dealkylation sites (tertiary alicyclic amines) is 1. The largest absolute Gasteiger partial charge is 0.468 e. The maximum atomic E-state index is 12.4. The molecule has 1 aliphatic heterocycles. The molecule has 0 aromatic carbocycles. The number of carbonyl (C=O) groups excluding carboxylic acids is 1. The zero-order chi connectivity index (χ0) is 16.2. The number of hydrogen-bond acceptors (Lipinski definition) is 5. The number of amides is 1. The van der Waals surface area contributed by atoms with Crippen LogP contribution in [-0.4, -0.2) is 29.1 Å². The Hall–Kier alpha value is -2.08. The maximum absolute atomic E-state index is 12.4. The molecule has 6 heteroatoms. The van der Waals surface area contributed by atoms with E-state index in [9.17, 15) is 4.79 Å². The van der Waals surface area contributed by atoms with Crippen LogP contribution in [0.2, 0.25) is 0 Å². The van der Waals surface area contributed by atoms with E-state index < -0.39 is 0 Å². The Bertz CT molecular complexity index is 640. The molecule has 1 saturated heterocycles. The van der Waals surface area contributed by atoms with Gasteiger partial charge in [0.25, 0.3) is 0 Å². The van der Waals surface area contributed by atoms with Crippen LogP contribution in [0.1, 0.15) is 36.8 Å². The van der Waals surface area contributed by atoms with Crippen LogP contribution in [0.5, 0.6) is 0 Å². The molecule has 3 rings (SSSR count). The molecular weight excluding hydrogens is 294 g/mol. The lowest BCUT2D eigenvalue weighted by Gasteiger charge is -2.30. The normalized spacial score (nSPS) is 16.6. The molecule has 6 nitrogen and oxygen atoms in total. The molecule has 0 atom stereocenters. The molecule has 0 spiro atoms. The van der Waals surface area contributed by atoms with Crippen LogP contribution < -0.4 is 5.32 Å². The topological polar surface area (TPSA) is 71.5 Å². The molecule has 0 bridgehead atoms. The van der Waals surface area contributed by atoms with Crippen molar-refractivity contribution in [2.75, 3.05) is 18.4 Å². The second-order valence-corrected chi connectivity index (χ2v) is 6.05.